The molecule has 0 aliphatic heterocycles. The first-order valence-electron chi connectivity index (χ1n) is 4.54. The number of hydrogen-bond donors (Lipinski definition) is 0. The average molecular weight is 196 g/mol. The van der Waals surface area contributed by atoms with Gasteiger partial charge in [-0.25, -0.2) is 0 Å². The van der Waals surface area contributed by atoms with Gasteiger partial charge in [-0.3, -0.25) is 0 Å². The molecule has 0 aliphatic carbocycles. The minimum absolute atomic E-state index is 0.719. The lowest BCUT2D eigenvalue weighted by atomic mass is 10.2. The Labute approximate surface area is 82.4 Å². The Bertz CT molecular complexity index is 213. The molecule has 72 valence electrons. The van der Waals surface area contributed by atoms with Gasteiger partial charge in [-0.2, -0.15) is 0 Å². The maximum absolute atomic E-state index is 5.38. The lowest BCUT2D eigenvalue weighted by Crippen LogP contribution is -2.05. The van der Waals surface area contributed by atoms with Crippen LogP contribution >= 0.6 is 0 Å². The van der Waals surface area contributed by atoms with Crippen LogP contribution in [-0.4, -0.2) is 30.3 Å². The predicted octanol–water partition coefficient (Wildman–Crippen LogP) is 0.543. The summed E-state index contributed by atoms with van der Waals surface area (Å²) in [5.41, 5.74) is 1.33. The largest absolute Gasteiger partial charge is 0.426 e. The van der Waals surface area contributed by atoms with Gasteiger partial charge in [0.15, 0.2) is 0 Å². The molecule has 0 saturated heterocycles. The zero-order valence-corrected chi connectivity index (χ0v) is 10.0. The van der Waals surface area contributed by atoms with Crippen LogP contribution in [0.3, 0.4) is 0 Å². The van der Waals surface area contributed by atoms with Gasteiger partial charge >= 0.3 is 0 Å². The summed E-state index contributed by atoms with van der Waals surface area (Å²) in [5, 5.41) is 0. The summed E-state index contributed by atoms with van der Waals surface area (Å²) >= 11 is 0. The highest BCUT2D eigenvalue weighted by atomic mass is 28.2. The van der Waals surface area contributed by atoms with E-state index < -0.39 is 0 Å². The number of hydrogen-bond acceptors (Lipinski definition) is 2. The van der Waals surface area contributed by atoms with Gasteiger partial charge in [-0.15, -0.1) is 0 Å². The van der Waals surface area contributed by atoms with Gasteiger partial charge in [0.05, 0.1) is 19.8 Å². The Morgan fingerprint density at radius 2 is 1.77 bits per heavy atom. The molecule has 0 saturated carbocycles. The van der Waals surface area contributed by atoms with E-state index >= 15 is 0 Å². The van der Waals surface area contributed by atoms with Crippen molar-refractivity contribution in [1.82, 2.24) is 0 Å². The van der Waals surface area contributed by atoms with Gasteiger partial charge in [0.25, 0.3) is 0 Å². The molecule has 0 bridgehead atoms. The Hall–Kier alpha value is -0.643. The average Bonchev–Trinajstić information content (AvgIpc) is 2.19. The molecule has 0 amide bonds. The first-order valence-corrected chi connectivity index (χ1v) is 5.36. The topological polar surface area (TPSA) is 18.5 Å². The molecule has 0 aromatic heterocycles. The zero-order chi connectivity index (χ0) is 9.36. The van der Waals surface area contributed by atoms with Crippen LogP contribution in [0.4, 0.5) is 0 Å². The standard InChI is InChI=1S/C10H16O2Si/c13-12-9-8-11-7-6-10-4-2-1-3-5-10/h1-5H,6-9H2,13H3. The summed E-state index contributed by atoms with van der Waals surface area (Å²) in [5.74, 6) is 0. The molecular weight excluding hydrogens is 180 g/mol. The molecule has 1 aromatic carbocycles. The lowest BCUT2D eigenvalue weighted by Gasteiger charge is -2.03. The van der Waals surface area contributed by atoms with Gasteiger partial charge in [0, 0.05) is 0 Å². The molecule has 0 aliphatic rings. The molecule has 3 heteroatoms. The highest BCUT2D eigenvalue weighted by Gasteiger charge is 1.91. The summed E-state index contributed by atoms with van der Waals surface area (Å²) in [6.45, 7) is 2.24. The van der Waals surface area contributed by atoms with Crippen LogP contribution in [0.15, 0.2) is 30.3 Å². The van der Waals surface area contributed by atoms with E-state index in [-0.39, 0.29) is 0 Å². The first kappa shape index (κ1) is 10.4. The van der Waals surface area contributed by atoms with Gasteiger partial charge in [0.2, 0.25) is 0 Å². The van der Waals surface area contributed by atoms with Crippen LogP contribution in [0, 0.1) is 0 Å². The number of rotatable bonds is 6. The summed E-state index contributed by atoms with van der Waals surface area (Å²) in [4.78, 5) is 0. The molecule has 13 heavy (non-hydrogen) atoms. The Morgan fingerprint density at radius 1 is 1.00 bits per heavy atom. The molecule has 2 nitrogen and oxygen atoms in total. The zero-order valence-electron chi connectivity index (χ0n) is 8.03. The van der Waals surface area contributed by atoms with Crippen molar-refractivity contribution >= 4 is 10.5 Å². The Morgan fingerprint density at radius 3 is 2.46 bits per heavy atom. The highest BCUT2D eigenvalue weighted by molar-refractivity contribution is 5.97. The molecule has 0 fully saturated rings. The Balaban J connectivity index is 2.07. The maximum atomic E-state index is 5.38. The summed E-state index contributed by atoms with van der Waals surface area (Å²) < 4.78 is 10.4. The monoisotopic (exact) mass is 196 g/mol. The summed E-state index contributed by atoms with van der Waals surface area (Å²) in [6.07, 6.45) is 0.988. The van der Waals surface area contributed by atoms with Gasteiger partial charge in [0.1, 0.15) is 10.5 Å². The lowest BCUT2D eigenvalue weighted by molar-refractivity contribution is 0.106. The van der Waals surface area contributed by atoms with Gasteiger partial charge in [-0.05, 0) is 12.0 Å². The molecular formula is C10H16O2Si. The van der Waals surface area contributed by atoms with E-state index in [1.807, 2.05) is 6.07 Å². The fourth-order valence-corrected chi connectivity index (χ4v) is 1.25. The minimum atomic E-state index is 0.719. The van der Waals surface area contributed by atoms with Crippen LogP contribution in [0.25, 0.3) is 0 Å². The van der Waals surface area contributed by atoms with E-state index in [1.165, 1.54) is 5.56 Å². The van der Waals surface area contributed by atoms with E-state index in [2.05, 4.69) is 24.3 Å². The van der Waals surface area contributed by atoms with Crippen molar-refractivity contribution < 1.29 is 9.16 Å². The van der Waals surface area contributed by atoms with E-state index in [9.17, 15) is 0 Å². The smallest absolute Gasteiger partial charge is 0.146 e. The molecule has 1 rings (SSSR count). The predicted molar refractivity (Wildman–Crippen MR) is 56.9 cm³/mol. The molecule has 0 radical (unpaired) electrons. The first-order chi connectivity index (χ1) is 6.43. The van der Waals surface area contributed by atoms with Crippen LogP contribution in [0.1, 0.15) is 5.56 Å². The third-order valence-corrected chi connectivity index (χ3v) is 2.22. The maximum Gasteiger partial charge on any atom is 0.146 e. The fourth-order valence-electron chi connectivity index (χ4n) is 1.08. The van der Waals surface area contributed by atoms with Crippen molar-refractivity contribution in [3.05, 3.63) is 35.9 Å². The van der Waals surface area contributed by atoms with Crippen LogP contribution in [-0.2, 0) is 15.6 Å². The van der Waals surface area contributed by atoms with Crippen molar-refractivity contribution in [2.45, 2.75) is 6.42 Å². The quantitative estimate of drug-likeness (QED) is 0.488. The molecule has 0 spiro atoms. The highest BCUT2D eigenvalue weighted by Crippen LogP contribution is 1.99. The third-order valence-electron chi connectivity index (χ3n) is 1.81. The second-order valence-corrected chi connectivity index (χ2v) is 3.42. The van der Waals surface area contributed by atoms with Crippen molar-refractivity contribution in [2.24, 2.45) is 0 Å². The molecule has 0 N–H and O–H groups in total. The SMILES string of the molecule is [SiH3]OCCOCCc1ccccc1. The third kappa shape index (κ3) is 4.82. The van der Waals surface area contributed by atoms with E-state index in [0.717, 1.165) is 36.7 Å². The fraction of sp³-hybridized carbons (Fsp3) is 0.400. The summed E-state index contributed by atoms with van der Waals surface area (Å²) in [6, 6.07) is 10.4. The number of ether oxygens (including phenoxy) is 1. The number of benzene rings is 1. The van der Waals surface area contributed by atoms with E-state index in [4.69, 9.17) is 9.16 Å². The minimum Gasteiger partial charge on any atom is -0.426 e. The van der Waals surface area contributed by atoms with Gasteiger partial charge in [-0.1, -0.05) is 30.3 Å². The molecule has 0 heterocycles. The molecule has 0 atom stereocenters. The second-order valence-electron chi connectivity index (χ2n) is 2.84. The van der Waals surface area contributed by atoms with Crippen LogP contribution in [0.2, 0.25) is 0 Å². The Kier molecular flexibility index (Phi) is 5.48. The normalized spacial score (nSPS) is 10.5. The van der Waals surface area contributed by atoms with Crippen LogP contribution in [0.5, 0.6) is 0 Å². The van der Waals surface area contributed by atoms with Crippen LogP contribution < -0.4 is 0 Å². The van der Waals surface area contributed by atoms with Crippen molar-refractivity contribution in [1.29, 1.82) is 0 Å². The summed E-state index contributed by atoms with van der Waals surface area (Å²) in [7, 11) is 0.803. The van der Waals surface area contributed by atoms with E-state index in [0.29, 0.717) is 0 Å². The van der Waals surface area contributed by atoms with Crippen molar-refractivity contribution in [3.63, 3.8) is 0 Å². The van der Waals surface area contributed by atoms with Gasteiger partial charge < -0.3 is 9.16 Å². The van der Waals surface area contributed by atoms with Crippen molar-refractivity contribution in [3.8, 4) is 0 Å². The van der Waals surface area contributed by atoms with Crippen molar-refractivity contribution in [2.75, 3.05) is 19.8 Å². The van der Waals surface area contributed by atoms with E-state index in [1.54, 1.807) is 0 Å². The molecule has 1 aromatic rings. The molecule has 0 unspecified atom stereocenters. The second kappa shape index (κ2) is 6.83.